The minimum atomic E-state index is -4.71. The van der Waals surface area contributed by atoms with Gasteiger partial charge in [0.25, 0.3) is 0 Å². The van der Waals surface area contributed by atoms with Gasteiger partial charge < -0.3 is 19.3 Å². The summed E-state index contributed by atoms with van der Waals surface area (Å²) < 4.78 is 58.9. The van der Waals surface area contributed by atoms with E-state index in [4.69, 9.17) is 14.5 Å². The fraction of sp³-hybridized carbons (Fsp3) is 0.667. The van der Waals surface area contributed by atoms with E-state index >= 15 is 0 Å². The molecule has 3 aromatic heterocycles. The molecule has 0 saturated carbocycles. The van der Waals surface area contributed by atoms with E-state index in [9.17, 15) is 18.0 Å². The van der Waals surface area contributed by atoms with Gasteiger partial charge in [0.1, 0.15) is 17.8 Å². The molecule has 7 rings (SSSR count). The zero-order valence-corrected chi connectivity index (χ0v) is 24.6. The second-order valence-electron chi connectivity index (χ2n) is 12.3. The molecule has 4 aliphatic heterocycles. The number of pyridine rings is 1. The van der Waals surface area contributed by atoms with Crippen molar-refractivity contribution in [2.75, 3.05) is 29.6 Å². The predicted octanol–water partition coefficient (Wildman–Crippen LogP) is 5.43. The summed E-state index contributed by atoms with van der Waals surface area (Å²) >= 11 is 0. The smallest absolute Gasteiger partial charge is 0.378 e. The van der Waals surface area contributed by atoms with Gasteiger partial charge in [0.15, 0.2) is 17.2 Å². The molecule has 0 aromatic carbocycles. The first kappa shape index (κ1) is 28.6. The Labute approximate surface area is 248 Å². The summed E-state index contributed by atoms with van der Waals surface area (Å²) in [5.41, 5.74) is -0.395. The molecule has 5 atom stereocenters. The molecular formula is C30H38F3N7O3. The molecule has 3 aromatic rings. The molecule has 0 radical (unpaired) electrons. The maximum atomic E-state index is 14.7. The Morgan fingerprint density at radius 1 is 1.07 bits per heavy atom. The van der Waals surface area contributed by atoms with Gasteiger partial charge >= 0.3 is 6.18 Å². The largest absolute Gasteiger partial charge is 0.435 e. The van der Waals surface area contributed by atoms with Crippen molar-refractivity contribution in [3.8, 4) is 5.82 Å². The number of fused-ring (bicyclic) bond motifs is 3. The molecule has 0 amide bonds. The molecular weight excluding hydrogens is 563 g/mol. The number of nitrogens with zero attached hydrogens (tertiary/aromatic N) is 7. The molecule has 4 unspecified atom stereocenters. The molecule has 4 saturated heterocycles. The lowest BCUT2D eigenvalue weighted by molar-refractivity contribution is -0.140. The number of alkyl halides is 3. The number of aromatic nitrogens is 5. The summed E-state index contributed by atoms with van der Waals surface area (Å²) in [6.45, 7) is 5.76. The lowest BCUT2D eigenvalue weighted by Gasteiger charge is -2.40. The number of halogens is 3. The molecule has 0 spiro atoms. The summed E-state index contributed by atoms with van der Waals surface area (Å²) in [7, 11) is 0. The maximum Gasteiger partial charge on any atom is 0.435 e. The van der Waals surface area contributed by atoms with Crippen LogP contribution in [0.15, 0.2) is 18.3 Å². The quantitative estimate of drug-likeness (QED) is 0.370. The molecule has 4 fully saturated rings. The number of ketones is 1. The molecule has 0 N–H and O–H groups in total. The van der Waals surface area contributed by atoms with Crippen LogP contribution in [0.4, 0.5) is 24.7 Å². The number of anilines is 2. The van der Waals surface area contributed by atoms with Crippen LogP contribution < -0.4 is 9.80 Å². The highest BCUT2D eigenvalue weighted by molar-refractivity contribution is 5.96. The third-order valence-electron chi connectivity index (χ3n) is 9.48. The van der Waals surface area contributed by atoms with E-state index in [0.717, 1.165) is 32.1 Å². The SMILES string of the molecule is CCOC1CCN(c2cc(N3C4CCC3CC(=O)C4)nc3c2c(C(F)(F)F)nn3-c2ccn(C3CCCCO3)n2)[C@H](C)C1. The van der Waals surface area contributed by atoms with Crippen molar-refractivity contribution in [1.29, 1.82) is 0 Å². The van der Waals surface area contributed by atoms with Crippen molar-refractivity contribution in [2.24, 2.45) is 0 Å². The molecule has 10 nitrogen and oxygen atoms in total. The Kier molecular flexibility index (Phi) is 7.35. The highest BCUT2D eigenvalue weighted by Gasteiger charge is 2.44. The average Bonchev–Trinajstić information content (AvgIpc) is 3.68. The van der Waals surface area contributed by atoms with E-state index in [1.54, 1.807) is 23.0 Å². The van der Waals surface area contributed by atoms with Crippen molar-refractivity contribution in [1.82, 2.24) is 24.5 Å². The number of hydrogen-bond donors (Lipinski definition) is 0. The van der Waals surface area contributed by atoms with Crippen molar-refractivity contribution in [3.05, 3.63) is 24.0 Å². The monoisotopic (exact) mass is 601 g/mol. The summed E-state index contributed by atoms with van der Waals surface area (Å²) in [5.74, 6) is 1.08. The van der Waals surface area contributed by atoms with Crippen LogP contribution in [0.3, 0.4) is 0 Å². The van der Waals surface area contributed by atoms with Crippen molar-refractivity contribution >= 4 is 28.3 Å². The number of piperidine rings is 2. The molecule has 43 heavy (non-hydrogen) atoms. The maximum absolute atomic E-state index is 14.7. The van der Waals surface area contributed by atoms with Crippen molar-refractivity contribution in [3.63, 3.8) is 0 Å². The van der Waals surface area contributed by atoms with Crippen LogP contribution in [-0.4, -0.2) is 74.3 Å². The Hall–Kier alpha value is -3.19. The third-order valence-corrected chi connectivity index (χ3v) is 9.48. The van der Waals surface area contributed by atoms with E-state index < -0.39 is 11.9 Å². The summed E-state index contributed by atoms with van der Waals surface area (Å²) in [6, 6.07) is 3.39. The van der Waals surface area contributed by atoms with Gasteiger partial charge in [-0.1, -0.05) is 0 Å². The van der Waals surface area contributed by atoms with Crippen LogP contribution in [0.2, 0.25) is 0 Å². The van der Waals surface area contributed by atoms with Gasteiger partial charge in [-0.05, 0) is 58.8 Å². The zero-order chi connectivity index (χ0) is 29.9. The Morgan fingerprint density at radius 3 is 2.53 bits per heavy atom. The van der Waals surface area contributed by atoms with E-state index in [0.29, 0.717) is 56.9 Å². The van der Waals surface area contributed by atoms with E-state index in [1.165, 1.54) is 4.68 Å². The van der Waals surface area contributed by atoms with Crippen LogP contribution in [0.25, 0.3) is 16.9 Å². The summed E-state index contributed by atoms with van der Waals surface area (Å²) in [5, 5.41) is 8.76. The van der Waals surface area contributed by atoms with Crippen LogP contribution >= 0.6 is 0 Å². The molecule has 2 bridgehead atoms. The lowest BCUT2D eigenvalue weighted by atomic mass is 9.98. The van der Waals surface area contributed by atoms with E-state index in [-0.39, 0.29) is 53.1 Å². The van der Waals surface area contributed by atoms with Gasteiger partial charge in [0.05, 0.1) is 17.2 Å². The van der Waals surface area contributed by atoms with Crippen LogP contribution in [0.1, 0.15) is 83.6 Å². The fourth-order valence-electron chi connectivity index (χ4n) is 7.55. The standard InChI is InChI=1S/C30H38F3N7O3/c1-3-42-22-9-11-37(18(2)14-22)23-17-25(39-19-7-8-20(39)16-21(41)15-19)34-29-27(23)28(30(31,32)33)36-40(29)24-10-12-38(35-24)26-6-4-5-13-43-26/h10,12,17-20,22,26H,3-9,11,13-16H2,1-2H3/t18-,19?,20?,22?,26?/m1/s1. The second kappa shape index (κ2) is 11.1. The highest BCUT2D eigenvalue weighted by Crippen LogP contribution is 2.45. The van der Waals surface area contributed by atoms with Gasteiger partial charge in [0.2, 0.25) is 0 Å². The van der Waals surface area contributed by atoms with Crippen LogP contribution in [-0.2, 0) is 20.4 Å². The van der Waals surface area contributed by atoms with E-state index in [2.05, 4.69) is 20.0 Å². The predicted molar refractivity (Wildman–Crippen MR) is 153 cm³/mol. The minimum absolute atomic E-state index is 0.00807. The number of carbonyl (C=O) groups excluding carboxylic acids is 1. The number of carbonyl (C=O) groups is 1. The molecule has 4 aliphatic rings. The first-order chi connectivity index (χ1) is 20.7. The van der Waals surface area contributed by atoms with Crippen LogP contribution in [0.5, 0.6) is 0 Å². The third kappa shape index (κ3) is 5.17. The van der Waals surface area contributed by atoms with Crippen molar-refractivity contribution in [2.45, 2.75) is 108 Å². The van der Waals surface area contributed by atoms with E-state index in [1.807, 2.05) is 13.8 Å². The Bertz CT molecular complexity index is 1480. The normalized spacial score (nSPS) is 28.3. The number of hydrogen-bond acceptors (Lipinski definition) is 8. The Balaban J connectivity index is 1.39. The molecule has 13 heteroatoms. The molecule has 0 aliphatic carbocycles. The molecule has 7 heterocycles. The number of rotatable bonds is 6. The fourth-order valence-corrected chi connectivity index (χ4v) is 7.55. The topological polar surface area (TPSA) is 90.5 Å². The van der Waals surface area contributed by atoms with Crippen LogP contribution in [0, 0.1) is 0 Å². The average molecular weight is 602 g/mol. The highest BCUT2D eigenvalue weighted by atomic mass is 19.4. The molecule has 232 valence electrons. The number of Topliss-reactive ketones (excluding diaryl/α,β-unsaturated/α-hetero) is 1. The van der Waals surface area contributed by atoms with Gasteiger partial charge in [-0.15, -0.1) is 0 Å². The van der Waals surface area contributed by atoms with Gasteiger partial charge in [-0.2, -0.15) is 28.1 Å². The minimum Gasteiger partial charge on any atom is -0.378 e. The van der Waals surface area contributed by atoms with Gasteiger partial charge in [0, 0.05) is 69.1 Å². The lowest BCUT2D eigenvalue weighted by Crippen LogP contribution is -2.45. The Morgan fingerprint density at radius 2 is 1.86 bits per heavy atom. The zero-order valence-electron chi connectivity index (χ0n) is 24.6. The first-order valence-electron chi connectivity index (χ1n) is 15.6. The number of ether oxygens (including phenoxy) is 2. The second-order valence-corrected chi connectivity index (χ2v) is 12.3. The first-order valence-corrected chi connectivity index (χ1v) is 15.6. The van der Waals surface area contributed by atoms with Gasteiger partial charge in [-0.25, -0.2) is 9.67 Å². The summed E-state index contributed by atoms with van der Waals surface area (Å²) in [6.07, 6.45) is 3.58. The summed E-state index contributed by atoms with van der Waals surface area (Å²) in [4.78, 5) is 21.5. The van der Waals surface area contributed by atoms with Crippen molar-refractivity contribution < 1.29 is 27.4 Å². The van der Waals surface area contributed by atoms with Gasteiger partial charge in [-0.3, -0.25) is 4.79 Å².